The third kappa shape index (κ3) is 4.56. The van der Waals surface area contributed by atoms with Crippen molar-refractivity contribution >= 4 is 0 Å². The molecule has 0 bridgehead atoms. The van der Waals surface area contributed by atoms with E-state index in [-0.39, 0.29) is 6.10 Å². The highest BCUT2D eigenvalue weighted by Gasteiger charge is 2.25. The van der Waals surface area contributed by atoms with Gasteiger partial charge in [-0.15, -0.1) is 10.2 Å². The predicted molar refractivity (Wildman–Crippen MR) is 94.3 cm³/mol. The average molecular weight is 346 g/mol. The number of ether oxygens (including phenoxy) is 1. The minimum atomic E-state index is -0.294. The van der Waals surface area contributed by atoms with Gasteiger partial charge in [0.15, 0.2) is 0 Å². The largest absolute Gasteiger partial charge is 0.497 e. The number of aromatic nitrogens is 2. The fourth-order valence-corrected chi connectivity index (χ4v) is 3.18. The fraction of sp³-hybridized carbons (Fsp3) is 0.556. The Morgan fingerprint density at radius 1 is 1.28 bits per heavy atom. The average Bonchev–Trinajstić information content (AvgIpc) is 3.05. The van der Waals surface area contributed by atoms with Gasteiger partial charge < -0.3 is 14.3 Å². The van der Waals surface area contributed by atoms with E-state index < -0.39 is 0 Å². The van der Waals surface area contributed by atoms with E-state index in [2.05, 4.69) is 26.9 Å². The van der Waals surface area contributed by atoms with Gasteiger partial charge in [0.2, 0.25) is 11.8 Å². The van der Waals surface area contributed by atoms with Crippen molar-refractivity contribution in [2.75, 3.05) is 33.3 Å². The summed E-state index contributed by atoms with van der Waals surface area (Å²) in [4.78, 5) is 4.63. The first-order chi connectivity index (χ1) is 12.0. The number of β-amino-alcohol motifs (C(OH)–C–C–N with tert-alkyl or cyclic N) is 1. The molecule has 1 saturated heterocycles. The molecule has 7 heteroatoms. The van der Waals surface area contributed by atoms with Crippen LogP contribution >= 0.6 is 0 Å². The van der Waals surface area contributed by atoms with Crippen LogP contribution in [0.25, 0.3) is 11.5 Å². The topological polar surface area (TPSA) is 74.9 Å². The van der Waals surface area contributed by atoms with Crippen LogP contribution in [-0.2, 0) is 6.54 Å². The van der Waals surface area contributed by atoms with Crippen LogP contribution in [0.5, 0.6) is 5.75 Å². The first-order valence-corrected chi connectivity index (χ1v) is 8.66. The molecular formula is C18H26N4O3. The predicted octanol–water partition coefficient (Wildman–Crippen LogP) is 1.63. The van der Waals surface area contributed by atoms with Crippen LogP contribution in [-0.4, -0.2) is 70.5 Å². The van der Waals surface area contributed by atoms with Gasteiger partial charge in [-0.1, -0.05) is 0 Å². The standard InChI is InChI=1S/C18H26N4O3/c1-13-10-21(8-9-22(13)11-14(2)23)12-17-19-20-18(25-17)15-4-6-16(24-3)7-5-15/h4-7,13-14,23H,8-12H2,1-3H3/t13-,14+/m1/s1. The minimum Gasteiger partial charge on any atom is -0.497 e. The number of aliphatic hydroxyl groups is 1. The smallest absolute Gasteiger partial charge is 0.247 e. The zero-order chi connectivity index (χ0) is 17.8. The summed E-state index contributed by atoms with van der Waals surface area (Å²) in [6, 6.07) is 7.97. The molecule has 2 atom stereocenters. The molecule has 1 aliphatic heterocycles. The number of piperazine rings is 1. The molecule has 0 aliphatic carbocycles. The molecule has 3 rings (SSSR count). The van der Waals surface area contributed by atoms with E-state index >= 15 is 0 Å². The zero-order valence-corrected chi connectivity index (χ0v) is 15.1. The number of aliphatic hydroxyl groups excluding tert-OH is 1. The highest BCUT2D eigenvalue weighted by Crippen LogP contribution is 2.22. The molecule has 0 radical (unpaired) electrons. The molecule has 0 amide bonds. The van der Waals surface area contributed by atoms with Crippen molar-refractivity contribution in [3.05, 3.63) is 30.2 Å². The van der Waals surface area contributed by atoms with Crippen molar-refractivity contribution in [2.45, 2.75) is 32.5 Å². The number of rotatable bonds is 6. The quantitative estimate of drug-likeness (QED) is 0.852. The lowest BCUT2D eigenvalue weighted by Crippen LogP contribution is -2.53. The van der Waals surface area contributed by atoms with Gasteiger partial charge in [0.1, 0.15) is 5.75 Å². The second kappa shape index (κ2) is 7.95. The van der Waals surface area contributed by atoms with E-state index in [1.165, 1.54) is 0 Å². The van der Waals surface area contributed by atoms with Crippen LogP contribution < -0.4 is 4.74 Å². The maximum atomic E-state index is 9.57. The Bertz CT molecular complexity index is 671. The first-order valence-electron chi connectivity index (χ1n) is 8.66. The molecule has 1 aromatic carbocycles. The minimum absolute atomic E-state index is 0.294. The highest BCUT2D eigenvalue weighted by molar-refractivity contribution is 5.53. The van der Waals surface area contributed by atoms with Crippen molar-refractivity contribution in [3.8, 4) is 17.2 Å². The number of benzene rings is 1. The summed E-state index contributed by atoms with van der Waals surface area (Å²) < 4.78 is 11.0. The van der Waals surface area contributed by atoms with Crippen LogP contribution in [0.15, 0.2) is 28.7 Å². The Morgan fingerprint density at radius 3 is 2.68 bits per heavy atom. The number of methoxy groups -OCH3 is 1. The van der Waals surface area contributed by atoms with E-state index in [1.54, 1.807) is 7.11 Å². The lowest BCUT2D eigenvalue weighted by molar-refractivity contribution is 0.0393. The van der Waals surface area contributed by atoms with Crippen molar-refractivity contribution < 1.29 is 14.3 Å². The van der Waals surface area contributed by atoms with Gasteiger partial charge in [-0.2, -0.15) is 0 Å². The van der Waals surface area contributed by atoms with Gasteiger partial charge >= 0.3 is 0 Å². The molecule has 136 valence electrons. The first kappa shape index (κ1) is 17.8. The van der Waals surface area contributed by atoms with E-state index in [9.17, 15) is 5.11 Å². The molecule has 2 aromatic rings. The van der Waals surface area contributed by atoms with E-state index in [4.69, 9.17) is 9.15 Å². The zero-order valence-electron chi connectivity index (χ0n) is 15.1. The SMILES string of the molecule is COc1ccc(-c2nnc(CN3CCN(C[C@H](C)O)[C@H](C)C3)o2)cc1. The lowest BCUT2D eigenvalue weighted by Gasteiger charge is -2.39. The maximum Gasteiger partial charge on any atom is 0.247 e. The Morgan fingerprint density at radius 2 is 2.04 bits per heavy atom. The fourth-order valence-electron chi connectivity index (χ4n) is 3.18. The van der Waals surface area contributed by atoms with Crippen LogP contribution in [0.4, 0.5) is 0 Å². The molecule has 1 N–H and O–H groups in total. The van der Waals surface area contributed by atoms with Gasteiger partial charge in [-0.05, 0) is 38.1 Å². The van der Waals surface area contributed by atoms with E-state index in [0.29, 0.717) is 24.4 Å². The van der Waals surface area contributed by atoms with E-state index in [0.717, 1.165) is 37.5 Å². The molecule has 1 fully saturated rings. The monoisotopic (exact) mass is 346 g/mol. The molecule has 25 heavy (non-hydrogen) atoms. The van der Waals surface area contributed by atoms with Crippen molar-refractivity contribution in [3.63, 3.8) is 0 Å². The second-order valence-corrected chi connectivity index (χ2v) is 6.66. The second-order valence-electron chi connectivity index (χ2n) is 6.66. The van der Waals surface area contributed by atoms with Crippen LogP contribution in [0.2, 0.25) is 0 Å². The van der Waals surface area contributed by atoms with Gasteiger partial charge in [0.05, 0.1) is 19.8 Å². The number of nitrogens with zero attached hydrogens (tertiary/aromatic N) is 4. The third-order valence-electron chi connectivity index (χ3n) is 4.51. The summed E-state index contributed by atoms with van der Waals surface area (Å²) in [5.41, 5.74) is 0.884. The van der Waals surface area contributed by atoms with Crippen LogP contribution in [0.3, 0.4) is 0 Å². The van der Waals surface area contributed by atoms with Crippen molar-refractivity contribution in [1.82, 2.24) is 20.0 Å². The summed E-state index contributed by atoms with van der Waals surface area (Å²) in [5.74, 6) is 1.95. The number of hydrogen-bond donors (Lipinski definition) is 1. The Hall–Kier alpha value is -1.96. The number of hydrogen-bond acceptors (Lipinski definition) is 7. The van der Waals surface area contributed by atoms with Crippen LogP contribution in [0.1, 0.15) is 19.7 Å². The highest BCUT2D eigenvalue weighted by atomic mass is 16.5. The van der Waals surface area contributed by atoms with Crippen molar-refractivity contribution in [2.24, 2.45) is 0 Å². The summed E-state index contributed by atoms with van der Waals surface area (Å²) in [6.07, 6.45) is -0.294. The summed E-state index contributed by atoms with van der Waals surface area (Å²) >= 11 is 0. The van der Waals surface area contributed by atoms with E-state index in [1.807, 2.05) is 31.2 Å². The molecule has 2 heterocycles. The normalized spacial score (nSPS) is 20.6. The molecule has 0 spiro atoms. The molecule has 1 aromatic heterocycles. The van der Waals surface area contributed by atoms with Crippen molar-refractivity contribution in [1.29, 1.82) is 0 Å². The summed E-state index contributed by atoms with van der Waals surface area (Å²) in [7, 11) is 1.64. The molecule has 1 aliphatic rings. The maximum absolute atomic E-state index is 9.57. The molecule has 7 nitrogen and oxygen atoms in total. The lowest BCUT2D eigenvalue weighted by atomic mass is 10.1. The Kier molecular flexibility index (Phi) is 5.67. The van der Waals surface area contributed by atoms with Gasteiger partial charge in [0, 0.05) is 37.8 Å². The van der Waals surface area contributed by atoms with Gasteiger partial charge in [0.25, 0.3) is 0 Å². The Balaban J connectivity index is 1.58. The molecule has 0 saturated carbocycles. The van der Waals surface area contributed by atoms with Gasteiger partial charge in [-0.3, -0.25) is 9.80 Å². The summed E-state index contributed by atoms with van der Waals surface area (Å²) in [5, 5.41) is 17.9. The van der Waals surface area contributed by atoms with Crippen LogP contribution in [0, 0.1) is 0 Å². The molecular weight excluding hydrogens is 320 g/mol. The van der Waals surface area contributed by atoms with Gasteiger partial charge in [-0.25, -0.2) is 0 Å². The summed E-state index contributed by atoms with van der Waals surface area (Å²) in [6.45, 7) is 8.17. The third-order valence-corrected chi connectivity index (χ3v) is 4.51. The Labute approximate surface area is 148 Å². The molecule has 0 unspecified atom stereocenters.